The molecule has 100 valence electrons. The van der Waals surface area contributed by atoms with Crippen LogP contribution in [0, 0.1) is 17.8 Å². The molecule has 0 aromatic carbocycles. The number of hydrogen-bond acceptors (Lipinski definition) is 1. The van der Waals surface area contributed by atoms with Crippen LogP contribution in [0.2, 0.25) is 0 Å². The molecule has 2 rings (SSSR count). The van der Waals surface area contributed by atoms with Crippen LogP contribution in [0.25, 0.3) is 0 Å². The SMILES string of the molecule is CCOC1CCC(CC2CCC(C)CC2)CC1. The van der Waals surface area contributed by atoms with E-state index >= 15 is 0 Å². The third-order valence-electron chi connectivity index (χ3n) is 5.00. The van der Waals surface area contributed by atoms with Crippen LogP contribution in [0.15, 0.2) is 0 Å². The molecule has 0 spiro atoms. The van der Waals surface area contributed by atoms with Gasteiger partial charge in [-0.1, -0.05) is 32.6 Å². The summed E-state index contributed by atoms with van der Waals surface area (Å²) in [6, 6.07) is 0. The quantitative estimate of drug-likeness (QED) is 0.683. The maximum absolute atomic E-state index is 5.74. The Morgan fingerprint density at radius 1 is 0.824 bits per heavy atom. The maximum atomic E-state index is 5.74. The Labute approximate surface area is 107 Å². The van der Waals surface area contributed by atoms with Crippen LogP contribution in [0.4, 0.5) is 0 Å². The number of hydrogen-bond donors (Lipinski definition) is 0. The monoisotopic (exact) mass is 238 g/mol. The second-order valence-electron chi connectivity index (χ2n) is 6.46. The summed E-state index contributed by atoms with van der Waals surface area (Å²) in [5.41, 5.74) is 0. The molecule has 0 aliphatic heterocycles. The van der Waals surface area contributed by atoms with E-state index in [9.17, 15) is 0 Å². The normalized spacial score (nSPS) is 39.2. The van der Waals surface area contributed by atoms with E-state index in [0.29, 0.717) is 6.10 Å². The highest BCUT2D eigenvalue weighted by Gasteiger charge is 2.25. The Bertz CT molecular complexity index is 198. The van der Waals surface area contributed by atoms with Gasteiger partial charge in [0.2, 0.25) is 0 Å². The van der Waals surface area contributed by atoms with Crippen molar-refractivity contribution in [1.82, 2.24) is 0 Å². The highest BCUT2D eigenvalue weighted by Crippen LogP contribution is 2.37. The van der Waals surface area contributed by atoms with Crippen molar-refractivity contribution in [1.29, 1.82) is 0 Å². The lowest BCUT2D eigenvalue weighted by Crippen LogP contribution is -2.24. The molecule has 0 amide bonds. The van der Waals surface area contributed by atoms with Gasteiger partial charge in [-0.05, 0) is 56.8 Å². The van der Waals surface area contributed by atoms with Gasteiger partial charge in [0.05, 0.1) is 6.10 Å². The van der Waals surface area contributed by atoms with Crippen molar-refractivity contribution in [3.63, 3.8) is 0 Å². The van der Waals surface area contributed by atoms with Crippen molar-refractivity contribution in [2.24, 2.45) is 17.8 Å². The molecule has 0 saturated heterocycles. The van der Waals surface area contributed by atoms with E-state index in [0.717, 1.165) is 24.4 Å². The zero-order chi connectivity index (χ0) is 12.1. The molecule has 0 aromatic heterocycles. The maximum Gasteiger partial charge on any atom is 0.0575 e. The summed E-state index contributed by atoms with van der Waals surface area (Å²) >= 11 is 0. The summed E-state index contributed by atoms with van der Waals surface area (Å²) in [5, 5.41) is 0. The summed E-state index contributed by atoms with van der Waals surface area (Å²) < 4.78 is 5.74. The Morgan fingerprint density at radius 2 is 1.35 bits per heavy atom. The van der Waals surface area contributed by atoms with Gasteiger partial charge in [-0.3, -0.25) is 0 Å². The first-order chi connectivity index (χ1) is 8.28. The molecule has 2 fully saturated rings. The zero-order valence-electron chi connectivity index (χ0n) is 11.8. The van der Waals surface area contributed by atoms with Crippen LogP contribution < -0.4 is 0 Å². The smallest absolute Gasteiger partial charge is 0.0575 e. The van der Waals surface area contributed by atoms with Crippen molar-refractivity contribution in [2.75, 3.05) is 6.61 Å². The third kappa shape index (κ3) is 4.28. The van der Waals surface area contributed by atoms with E-state index in [1.807, 2.05) is 0 Å². The Morgan fingerprint density at radius 3 is 1.88 bits per heavy atom. The standard InChI is InChI=1S/C16H30O/c1-3-17-16-10-8-15(9-11-16)12-14-6-4-13(2)5-7-14/h13-16H,3-12H2,1-2H3. The molecule has 1 nitrogen and oxygen atoms in total. The van der Waals surface area contributed by atoms with Crippen molar-refractivity contribution >= 4 is 0 Å². The van der Waals surface area contributed by atoms with Gasteiger partial charge in [0.25, 0.3) is 0 Å². The Kier molecular flexibility index (Phi) is 5.34. The molecule has 2 aliphatic carbocycles. The summed E-state index contributed by atoms with van der Waals surface area (Å²) in [6.07, 6.45) is 13.6. The van der Waals surface area contributed by atoms with E-state index in [1.54, 1.807) is 0 Å². The molecule has 0 heterocycles. The predicted octanol–water partition coefficient (Wildman–Crippen LogP) is 4.80. The van der Waals surface area contributed by atoms with Crippen molar-refractivity contribution in [3.05, 3.63) is 0 Å². The van der Waals surface area contributed by atoms with E-state index in [2.05, 4.69) is 13.8 Å². The highest BCUT2D eigenvalue weighted by atomic mass is 16.5. The molecular formula is C16H30O. The van der Waals surface area contributed by atoms with Gasteiger partial charge in [-0.25, -0.2) is 0 Å². The van der Waals surface area contributed by atoms with Crippen LogP contribution in [-0.4, -0.2) is 12.7 Å². The fourth-order valence-corrected chi connectivity index (χ4v) is 3.81. The summed E-state index contributed by atoms with van der Waals surface area (Å²) in [6.45, 7) is 5.44. The average Bonchev–Trinajstić information content (AvgIpc) is 2.35. The fourth-order valence-electron chi connectivity index (χ4n) is 3.81. The Hall–Kier alpha value is -0.0400. The highest BCUT2D eigenvalue weighted by molar-refractivity contribution is 4.78. The lowest BCUT2D eigenvalue weighted by atomic mass is 9.75. The van der Waals surface area contributed by atoms with Crippen LogP contribution in [0.1, 0.15) is 71.6 Å². The minimum atomic E-state index is 0.586. The number of ether oxygens (including phenoxy) is 1. The molecule has 0 bridgehead atoms. The van der Waals surface area contributed by atoms with E-state index in [-0.39, 0.29) is 0 Å². The van der Waals surface area contributed by atoms with Crippen LogP contribution in [-0.2, 0) is 4.74 Å². The van der Waals surface area contributed by atoms with E-state index in [1.165, 1.54) is 57.8 Å². The molecular weight excluding hydrogens is 208 g/mol. The van der Waals surface area contributed by atoms with Gasteiger partial charge in [-0.15, -0.1) is 0 Å². The Balaban J connectivity index is 1.64. The van der Waals surface area contributed by atoms with Crippen LogP contribution in [0.5, 0.6) is 0 Å². The summed E-state index contributed by atoms with van der Waals surface area (Å²) in [7, 11) is 0. The lowest BCUT2D eigenvalue weighted by Gasteiger charge is -2.33. The first kappa shape index (κ1) is 13.4. The first-order valence-electron chi connectivity index (χ1n) is 7.89. The van der Waals surface area contributed by atoms with Gasteiger partial charge in [-0.2, -0.15) is 0 Å². The summed E-state index contributed by atoms with van der Waals surface area (Å²) in [5.74, 6) is 3.07. The van der Waals surface area contributed by atoms with Crippen LogP contribution >= 0.6 is 0 Å². The van der Waals surface area contributed by atoms with Gasteiger partial charge in [0.1, 0.15) is 0 Å². The fraction of sp³-hybridized carbons (Fsp3) is 1.00. The van der Waals surface area contributed by atoms with Gasteiger partial charge in [0.15, 0.2) is 0 Å². The van der Waals surface area contributed by atoms with Crippen molar-refractivity contribution < 1.29 is 4.74 Å². The van der Waals surface area contributed by atoms with E-state index < -0.39 is 0 Å². The zero-order valence-corrected chi connectivity index (χ0v) is 11.8. The second-order valence-corrected chi connectivity index (χ2v) is 6.46. The first-order valence-corrected chi connectivity index (χ1v) is 7.89. The van der Waals surface area contributed by atoms with E-state index in [4.69, 9.17) is 4.74 Å². The van der Waals surface area contributed by atoms with Crippen molar-refractivity contribution in [2.45, 2.75) is 77.7 Å². The number of rotatable bonds is 4. The summed E-state index contributed by atoms with van der Waals surface area (Å²) in [4.78, 5) is 0. The van der Waals surface area contributed by atoms with Crippen molar-refractivity contribution in [3.8, 4) is 0 Å². The van der Waals surface area contributed by atoms with Crippen LogP contribution in [0.3, 0.4) is 0 Å². The van der Waals surface area contributed by atoms with Gasteiger partial charge >= 0.3 is 0 Å². The molecule has 1 heteroatoms. The molecule has 0 aromatic rings. The second kappa shape index (κ2) is 6.78. The minimum Gasteiger partial charge on any atom is -0.379 e. The third-order valence-corrected chi connectivity index (χ3v) is 5.00. The molecule has 2 saturated carbocycles. The lowest BCUT2D eigenvalue weighted by molar-refractivity contribution is 0.0218. The molecule has 0 unspecified atom stereocenters. The molecule has 0 radical (unpaired) electrons. The molecule has 0 N–H and O–H groups in total. The molecule has 0 atom stereocenters. The largest absolute Gasteiger partial charge is 0.379 e. The predicted molar refractivity (Wildman–Crippen MR) is 73.1 cm³/mol. The van der Waals surface area contributed by atoms with Gasteiger partial charge < -0.3 is 4.74 Å². The molecule has 2 aliphatic rings. The molecule has 17 heavy (non-hydrogen) atoms. The topological polar surface area (TPSA) is 9.23 Å². The minimum absolute atomic E-state index is 0.586. The average molecular weight is 238 g/mol. The van der Waals surface area contributed by atoms with Gasteiger partial charge in [0, 0.05) is 6.61 Å².